The molecule has 0 fully saturated rings. The number of aryl methyl sites for hydroxylation is 1. The summed E-state index contributed by atoms with van der Waals surface area (Å²) in [6, 6.07) is 14.2. The van der Waals surface area contributed by atoms with Crippen molar-refractivity contribution in [2.24, 2.45) is 0 Å². The zero-order valence-electron chi connectivity index (χ0n) is 14.0. The molecule has 0 bridgehead atoms. The van der Waals surface area contributed by atoms with Crippen LogP contribution in [0.5, 0.6) is 5.75 Å². The van der Waals surface area contributed by atoms with E-state index in [0.717, 1.165) is 40.7 Å². The number of amides is 1. The molecule has 4 nitrogen and oxygen atoms in total. The number of fused-ring (bicyclic) bond motifs is 1. The fourth-order valence-corrected chi connectivity index (χ4v) is 2.90. The van der Waals surface area contributed by atoms with E-state index in [1.165, 1.54) is 5.56 Å². The lowest BCUT2D eigenvalue weighted by atomic mass is 9.96. The summed E-state index contributed by atoms with van der Waals surface area (Å²) in [6.45, 7) is 0. The van der Waals surface area contributed by atoms with Crippen LogP contribution in [0.25, 0.3) is 22.1 Å². The van der Waals surface area contributed by atoms with Crippen LogP contribution in [0, 0.1) is 0 Å². The zero-order chi connectivity index (χ0) is 16.9. The average molecular weight is 323 g/mol. The van der Waals surface area contributed by atoms with E-state index < -0.39 is 0 Å². The molecular weight excluding hydrogens is 302 g/mol. The van der Waals surface area contributed by atoms with Crippen molar-refractivity contribution in [2.75, 3.05) is 14.2 Å². The number of hydrogen-bond donors (Lipinski definition) is 1. The van der Waals surface area contributed by atoms with Crippen molar-refractivity contribution < 1.29 is 13.9 Å². The van der Waals surface area contributed by atoms with E-state index in [2.05, 4.69) is 29.6 Å². The highest BCUT2D eigenvalue weighted by atomic mass is 16.5. The van der Waals surface area contributed by atoms with Gasteiger partial charge >= 0.3 is 0 Å². The quantitative estimate of drug-likeness (QED) is 0.740. The van der Waals surface area contributed by atoms with Crippen LogP contribution in [0.15, 0.2) is 53.1 Å². The summed E-state index contributed by atoms with van der Waals surface area (Å²) in [6.07, 6.45) is 3.82. The normalized spacial score (nSPS) is 10.8. The number of ether oxygens (including phenoxy) is 1. The van der Waals surface area contributed by atoms with Crippen LogP contribution in [-0.4, -0.2) is 20.1 Å². The van der Waals surface area contributed by atoms with E-state index in [1.54, 1.807) is 20.4 Å². The summed E-state index contributed by atoms with van der Waals surface area (Å²) in [5, 5.41) is 4.96. The van der Waals surface area contributed by atoms with Crippen molar-refractivity contribution in [1.29, 1.82) is 0 Å². The summed E-state index contributed by atoms with van der Waals surface area (Å²) in [7, 11) is 3.34. The minimum absolute atomic E-state index is 0.0686. The van der Waals surface area contributed by atoms with Crippen LogP contribution in [-0.2, 0) is 11.2 Å². The Labute approximate surface area is 141 Å². The Bertz CT molecular complexity index is 837. The fraction of sp³-hybridized carbons (Fsp3) is 0.250. The molecule has 0 atom stereocenters. The van der Waals surface area contributed by atoms with Crippen molar-refractivity contribution in [3.05, 3.63) is 54.3 Å². The van der Waals surface area contributed by atoms with Gasteiger partial charge in [0.2, 0.25) is 5.91 Å². The van der Waals surface area contributed by atoms with Gasteiger partial charge in [-0.05, 0) is 65.6 Å². The van der Waals surface area contributed by atoms with Crippen LogP contribution in [0.3, 0.4) is 0 Å². The summed E-state index contributed by atoms with van der Waals surface area (Å²) in [5.41, 5.74) is 2.24. The van der Waals surface area contributed by atoms with Gasteiger partial charge in [0.25, 0.3) is 0 Å². The van der Waals surface area contributed by atoms with Crippen molar-refractivity contribution in [2.45, 2.75) is 19.3 Å². The Hall–Kier alpha value is -2.75. The van der Waals surface area contributed by atoms with Crippen LogP contribution in [0.1, 0.15) is 18.4 Å². The molecule has 4 heteroatoms. The van der Waals surface area contributed by atoms with E-state index in [0.29, 0.717) is 6.42 Å². The van der Waals surface area contributed by atoms with Gasteiger partial charge in [-0.25, -0.2) is 0 Å². The maximum Gasteiger partial charge on any atom is 0.219 e. The molecule has 2 aromatic carbocycles. The lowest BCUT2D eigenvalue weighted by molar-refractivity contribution is -0.120. The molecule has 0 aliphatic heterocycles. The largest absolute Gasteiger partial charge is 0.497 e. The molecule has 0 radical (unpaired) electrons. The predicted octanol–water partition coefficient (Wildman–Crippen LogP) is 4.18. The standard InChI is InChI=1S/C20H21NO3/c1-21-20(22)7-3-5-14-11-16(19-6-4-10-24-19)12-15-8-9-17(23-2)13-18(14)15/h4,6,8-13H,3,5,7H2,1-2H3,(H,21,22). The Morgan fingerprint density at radius 1 is 1.21 bits per heavy atom. The van der Waals surface area contributed by atoms with Crippen molar-refractivity contribution in [1.82, 2.24) is 5.32 Å². The second-order valence-corrected chi connectivity index (χ2v) is 5.73. The van der Waals surface area contributed by atoms with Gasteiger partial charge in [-0.1, -0.05) is 6.07 Å². The number of carbonyl (C=O) groups excluding carboxylic acids is 1. The summed E-state index contributed by atoms with van der Waals surface area (Å²) in [5.74, 6) is 1.75. The average Bonchev–Trinajstić information content (AvgIpc) is 3.15. The number of rotatable bonds is 6. The zero-order valence-corrected chi connectivity index (χ0v) is 14.0. The molecule has 3 aromatic rings. The third-order valence-corrected chi connectivity index (χ3v) is 4.18. The molecule has 0 aliphatic rings. The molecule has 1 N–H and O–H groups in total. The molecule has 1 heterocycles. The third kappa shape index (κ3) is 3.43. The van der Waals surface area contributed by atoms with Gasteiger partial charge in [-0.2, -0.15) is 0 Å². The van der Waals surface area contributed by atoms with Crippen LogP contribution >= 0.6 is 0 Å². The molecule has 0 saturated carbocycles. The minimum Gasteiger partial charge on any atom is -0.497 e. The monoisotopic (exact) mass is 323 g/mol. The number of carbonyl (C=O) groups is 1. The van der Waals surface area contributed by atoms with Crippen molar-refractivity contribution in [3.63, 3.8) is 0 Å². The SMILES string of the molecule is CNC(=O)CCCc1cc(-c2ccco2)cc2ccc(OC)cc12. The number of hydrogen-bond acceptors (Lipinski definition) is 3. The Balaban J connectivity index is 1.99. The van der Waals surface area contributed by atoms with Crippen molar-refractivity contribution in [3.8, 4) is 17.1 Å². The second kappa shape index (κ2) is 7.21. The molecular formula is C20H21NO3. The van der Waals surface area contributed by atoms with Gasteiger partial charge < -0.3 is 14.5 Å². The summed E-state index contributed by atoms with van der Waals surface area (Å²) >= 11 is 0. The van der Waals surface area contributed by atoms with Crippen molar-refractivity contribution >= 4 is 16.7 Å². The molecule has 0 saturated heterocycles. The number of furan rings is 1. The van der Waals surface area contributed by atoms with Crippen LogP contribution in [0.2, 0.25) is 0 Å². The molecule has 3 rings (SSSR count). The van der Waals surface area contributed by atoms with Gasteiger partial charge in [0, 0.05) is 19.0 Å². The third-order valence-electron chi connectivity index (χ3n) is 4.18. The predicted molar refractivity (Wildman–Crippen MR) is 95.2 cm³/mol. The summed E-state index contributed by atoms with van der Waals surface area (Å²) < 4.78 is 10.9. The molecule has 0 unspecified atom stereocenters. The molecule has 124 valence electrons. The van der Waals surface area contributed by atoms with E-state index in [1.807, 2.05) is 18.2 Å². The maximum absolute atomic E-state index is 11.5. The Morgan fingerprint density at radius 2 is 2.08 bits per heavy atom. The highest BCUT2D eigenvalue weighted by molar-refractivity contribution is 5.91. The van der Waals surface area contributed by atoms with E-state index in [9.17, 15) is 4.79 Å². The minimum atomic E-state index is 0.0686. The Morgan fingerprint density at radius 3 is 2.79 bits per heavy atom. The first kappa shape index (κ1) is 16.1. The molecule has 1 aromatic heterocycles. The van der Waals surface area contributed by atoms with Gasteiger partial charge in [0.05, 0.1) is 13.4 Å². The van der Waals surface area contributed by atoms with Gasteiger partial charge in [0.1, 0.15) is 11.5 Å². The van der Waals surface area contributed by atoms with Gasteiger partial charge in [-0.15, -0.1) is 0 Å². The summed E-state index contributed by atoms with van der Waals surface area (Å²) in [4.78, 5) is 11.5. The van der Waals surface area contributed by atoms with Crippen LogP contribution < -0.4 is 10.1 Å². The highest BCUT2D eigenvalue weighted by Gasteiger charge is 2.10. The lowest BCUT2D eigenvalue weighted by Crippen LogP contribution is -2.17. The number of nitrogens with one attached hydrogen (secondary N) is 1. The smallest absolute Gasteiger partial charge is 0.219 e. The van der Waals surface area contributed by atoms with Gasteiger partial charge in [-0.3, -0.25) is 4.79 Å². The lowest BCUT2D eigenvalue weighted by Gasteiger charge is -2.11. The molecule has 24 heavy (non-hydrogen) atoms. The first-order valence-electron chi connectivity index (χ1n) is 8.06. The number of benzene rings is 2. The van der Waals surface area contributed by atoms with E-state index in [4.69, 9.17) is 9.15 Å². The van der Waals surface area contributed by atoms with E-state index >= 15 is 0 Å². The second-order valence-electron chi connectivity index (χ2n) is 5.73. The maximum atomic E-state index is 11.5. The highest BCUT2D eigenvalue weighted by Crippen LogP contribution is 2.31. The van der Waals surface area contributed by atoms with Gasteiger partial charge in [0.15, 0.2) is 0 Å². The Kier molecular flexibility index (Phi) is 4.85. The first-order chi connectivity index (χ1) is 11.7. The van der Waals surface area contributed by atoms with E-state index in [-0.39, 0.29) is 5.91 Å². The molecule has 1 amide bonds. The molecule has 0 spiro atoms. The topological polar surface area (TPSA) is 51.5 Å². The number of methoxy groups -OCH3 is 1. The first-order valence-corrected chi connectivity index (χ1v) is 8.06. The fourth-order valence-electron chi connectivity index (χ4n) is 2.90. The molecule has 0 aliphatic carbocycles. The van der Waals surface area contributed by atoms with Crippen LogP contribution in [0.4, 0.5) is 0 Å².